The van der Waals surface area contributed by atoms with Crippen LogP contribution in [0.3, 0.4) is 0 Å². The SMILES string of the molecule is CC(C)CCCCCCCCCCCCCCCCC[NH2+]Cc1ccccc1.O.[Cl-]. The van der Waals surface area contributed by atoms with Gasteiger partial charge in [-0.1, -0.05) is 134 Å². The van der Waals surface area contributed by atoms with Crippen LogP contribution in [-0.4, -0.2) is 12.0 Å². The van der Waals surface area contributed by atoms with Gasteiger partial charge in [0.1, 0.15) is 6.54 Å². The lowest BCUT2D eigenvalue weighted by Gasteiger charge is -2.05. The van der Waals surface area contributed by atoms with Gasteiger partial charge in [0.15, 0.2) is 0 Å². The molecule has 30 heavy (non-hydrogen) atoms. The number of rotatable bonds is 20. The van der Waals surface area contributed by atoms with Gasteiger partial charge in [-0.25, -0.2) is 0 Å². The Morgan fingerprint density at radius 2 is 1.00 bits per heavy atom. The van der Waals surface area contributed by atoms with Crippen molar-refractivity contribution in [1.29, 1.82) is 0 Å². The zero-order valence-corrected chi connectivity index (χ0v) is 20.9. The minimum atomic E-state index is 0. The summed E-state index contributed by atoms with van der Waals surface area (Å²) in [5, 5.41) is 2.46. The number of quaternary nitrogens is 1. The molecule has 0 unspecified atom stereocenters. The second kappa shape index (κ2) is 24.7. The lowest BCUT2D eigenvalue weighted by Crippen LogP contribution is -3.00. The fourth-order valence-corrected chi connectivity index (χ4v) is 4.02. The van der Waals surface area contributed by atoms with Gasteiger partial charge in [0, 0.05) is 5.56 Å². The molecule has 0 saturated carbocycles. The van der Waals surface area contributed by atoms with Gasteiger partial charge in [-0.15, -0.1) is 0 Å². The first kappa shape index (κ1) is 31.6. The minimum Gasteiger partial charge on any atom is -1.00 e. The Morgan fingerprint density at radius 3 is 1.43 bits per heavy atom. The maximum absolute atomic E-state index is 2.46. The molecule has 1 aromatic rings. The molecule has 0 spiro atoms. The summed E-state index contributed by atoms with van der Waals surface area (Å²) in [5.74, 6) is 0.892. The smallest absolute Gasteiger partial charge is 0.101 e. The van der Waals surface area contributed by atoms with Gasteiger partial charge < -0.3 is 23.2 Å². The summed E-state index contributed by atoms with van der Waals surface area (Å²) in [7, 11) is 0. The molecule has 0 heterocycles. The Morgan fingerprint density at radius 1 is 0.600 bits per heavy atom. The molecular weight excluding hydrogens is 390 g/mol. The highest BCUT2D eigenvalue weighted by molar-refractivity contribution is 5.12. The fourth-order valence-electron chi connectivity index (χ4n) is 4.02. The fraction of sp³-hybridized carbons (Fsp3) is 0.778. The van der Waals surface area contributed by atoms with Crippen molar-refractivity contribution in [2.75, 3.05) is 6.54 Å². The van der Waals surface area contributed by atoms with Crippen LogP contribution >= 0.6 is 0 Å². The second-order valence-corrected chi connectivity index (χ2v) is 9.25. The number of hydrogen-bond donors (Lipinski definition) is 1. The van der Waals surface area contributed by atoms with Crippen LogP contribution in [0.25, 0.3) is 0 Å². The molecule has 2 nitrogen and oxygen atoms in total. The third kappa shape index (κ3) is 22.1. The summed E-state index contributed by atoms with van der Waals surface area (Å²) in [5.41, 5.74) is 1.45. The Kier molecular flexibility index (Phi) is 26.0. The van der Waals surface area contributed by atoms with E-state index in [0.717, 1.165) is 12.5 Å². The number of halogens is 1. The summed E-state index contributed by atoms with van der Waals surface area (Å²) in [4.78, 5) is 0. The lowest BCUT2D eigenvalue weighted by atomic mass is 10.0. The Labute approximate surface area is 194 Å². The zero-order valence-electron chi connectivity index (χ0n) is 20.1. The first-order valence-electron chi connectivity index (χ1n) is 12.6. The number of nitrogens with two attached hydrogens (primary N) is 1. The van der Waals surface area contributed by atoms with E-state index in [-0.39, 0.29) is 17.9 Å². The van der Waals surface area contributed by atoms with Gasteiger partial charge in [-0.3, -0.25) is 0 Å². The number of benzene rings is 1. The van der Waals surface area contributed by atoms with Crippen molar-refractivity contribution in [3.8, 4) is 0 Å². The second-order valence-electron chi connectivity index (χ2n) is 9.25. The molecule has 1 rings (SSSR count). The summed E-state index contributed by atoms with van der Waals surface area (Å²) in [6, 6.07) is 10.8. The van der Waals surface area contributed by atoms with E-state index in [1.807, 2.05) is 0 Å². The molecule has 1 aromatic carbocycles. The normalized spacial score (nSPS) is 10.6. The zero-order chi connectivity index (χ0) is 20.1. The van der Waals surface area contributed by atoms with E-state index in [9.17, 15) is 0 Å². The van der Waals surface area contributed by atoms with Crippen LogP contribution in [0.2, 0.25) is 0 Å². The van der Waals surface area contributed by atoms with Crippen LogP contribution in [0.15, 0.2) is 30.3 Å². The third-order valence-electron chi connectivity index (χ3n) is 5.91. The highest BCUT2D eigenvalue weighted by Crippen LogP contribution is 2.14. The number of hydrogen-bond acceptors (Lipinski definition) is 0. The first-order valence-corrected chi connectivity index (χ1v) is 12.6. The molecule has 0 aliphatic heterocycles. The van der Waals surface area contributed by atoms with Crippen LogP contribution in [0.4, 0.5) is 0 Å². The first-order chi connectivity index (χ1) is 13.8. The van der Waals surface area contributed by atoms with Crippen molar-refractivity contribution in [3.63, 3.8) is 0 Å². The van der Waals surface area contributed by atoms with Crippen molar-refractivity contribution in [3.05, 3.63) is 35.9 Å². The summed E-state index contributed by atoms with van der Waals surface area (Å²) < 4.78 is 0. The molecule has 178 valence electrons. The van der Waals surface area contributed by atoms with Gasteiger partial charge in [-0.2, -0.15) is 0 Å². The molecule has 4 N–H and O–H groups in total. The predicted molar refractivity (Wildman–Crippen MR) is 129 cm³/mol. The highest BCUT2D eigenvalue weighted by Gasteiger charge is 1.97. The summed E-state index contributed by atoms with van der Waals surface area (Å²) in [6.45, 7) is 7.10. The number of unbranched alkanes of at least 4 members (excludes halogenated alkanes) is 14. The highest BCUT2D eigenvalue weighted by atomic mass is 35.5. The molecule has 0 fully saturated rings. The largest absolute Gasteiger partial charge is 1.00 e. The molecule has 0 atom stereocenters. The standard InChI is InChI=1S/C27H49N.ClH.H2O/c1-26(2)21-17-14-12-10-8-6-4-3-5-7-9-11-13-15-20-24-28-25-27-22-18-16-19-23-27;;/h16,18-19,22-23,26,28H,3-15,17,20-21,24-25H2,1-2H3;1H;1H2. The van der Waals surface area contributed by atoms with Crippen LogP contribution in [0.5, 0.6) is 0 Å². The van der Waals surface area contributed by atoms with Gasteiger partial charge in [0.05, 0.1) is 6.54 Å². The van der Waals surface area contributed by atoms with Crippen molar-refractivity contribution >= 4 is 0 Å². The molecule has 0 aliphatic rings. The Bertz CT molecular complexity index is 424. The molecule has 0 aromatic heterocycles. The molecule has 0 aliphatic carbocycles. The van der Waals surface area contributed by atoms with E-state index in [0.29, 0.717) is 0 Å². The van der Waals surface area contributed by atoms with E-state index < -0.39 is 0 Å². The predicted octanol–water partition coefficient (Wildman–Crippen LogP) is 3.83. The Balaban J connectivity index is 0. The molecular formula is C27H52ClNO. The topological polar surface area (TPSA) is 48.1 Å². The van der Waals surface area contributed by atoms with Gasteiger partial charge in [0.25, 0.3) is 0 Å². The lowest BCUT2D eigenvalue weighted by molar-refractivity contribution is -0.671. The quantitative estimate of drug-likeness (QED) is 0.299. The van der Waals surface area contributed by atoms with E-state index in [2.05, 4.69) is 49.5 Å². The molecule has 0 radical (unpaired) electrons. The summed E-state index contributed by atoms with van der Waals surface area (Å²) in [6.07, 6.45) is 23.3. The monoisotopic (exact) mass is 441 g/mol. The van der Waals surface area contributed by atoms with Crippen molar-refractivity contribution in [2.45, 2.75) is 123 Å². The molecule has 0 amide bonds. The Hall–Kier alpha value is -0.570. The van der Waals surface area contributed by atoms with Crippen LogP contribution in [0, 0.1) is 5.92 Å². The summed E-state index contributed by atoms with van der Waals surface area (Å²) >= 11 is 0. The van der Waals surface area contributed by atoms with Gasteiger partial charge in [0.2, 0.25) is 0 Å². The van der Waals surface area contributed by atoms with Crippen LogP contribution in [0.1, 0.15) is 122 Å². The third-order valence-corrected chi connectivity index (χ3v) is 5.91. The minimum absolute atomic E-state index is 0. The molecule has 3 heteroatoms. The average molecular weight is 442 g/mol. The van der Waals surface area contributed by atoms with Crippen molar-refractivity contribution in [1.82, 2.24) is 0 Å². The van der Waals surface area contributed by atoms with Gasteiger partial charge in [-0.05, 0) is 18.8 Å². The van der Waals surface area contributed by atoms with Crippen molar-refractivity contribution in [2.24, 2.45) is 5.92 Å². The van der Waals surface area contributed by atoms with Gasteiger partial charge >= 0.3 is 0 Å². The van der Waals surface area contributed by atoms with Crippen LogP contribution < -0.4 is 17.7 Å². The molecule has 0 saturated heterocycles. The van der Waals surface area contributed by atoms with E-state index in [1.165, 1.54) is 115 Å². The van der Waals surface area contributed by atoms with E-state index >= 15 is 0 Å². The van der Waals surface area contributed by atoms with E-state index in [4.69, 9.17) is 0 Å². The average Bonchev–Trinajstić information content (AvgIpc) is 2.70. The van der Waals surface area contributed by atoms with Crippen molar-refractivity contribution < 1.29 is 23.2 Å². The van der Waals surface area contributed by atoms with E-state index in [1.54, 1.807) is 0 Å². The molecule has 0 bridgehead atoms. The maximum Gasteiger partial charge on any atom is 0.101 e. The van der Waals surface area contributed by atoms with Crippen LogP contribution in [-0.2, 0) is 6.54 Å². The maximum atomic E-state index is 2.46.